The molecular weight excluding hydrogens is 341 g/mol. The van der Waals surface area contributed by atoms with Crippen LogP contribution >= 0.6 is 11.6 Å². The highest BCUT2D eigenvalue weighted by Crippen LogP contribution is 2.37. The molecule has 2 aromatic carbocycles. The summed E-state index contributed by atoms with van der Waals surface area (Å²) in [6.45, 7) is 0. The van der Waals surface area contributed by atoms with Gasteiger partial charge in [-0.25, -0.2) is 4.68 Å². The first-order valence-electron chi connectivity index (χ1n) is 6.96. The topological polar surface area (TPSA) is 27.1 Å². The maximum Gasteiger partial charge on any atom is 0.420 e. The van der Waals surface area contributed by atoms with Crippen LogP contribution in [-0.2, 0) is 6.18 Å². The Labute approximate surface area is 141 Å². The fraction of sp³-hybridized carbons (Fsp3) is 0.118. The van der Waals surface area contributed by atoms with E-state index in [1.165, 1.54) is 36.1 Å². The van der Waals surface area contributed by atoms with Gasteiger partial charge in [0.25, 0.3) is 0 Å². The fourth-order valence-electron chi connectivity index (χ4n) is 2.27. The monoisotopic (exact) mass is 352 g/mol. The lowest BCUT2D eigenvalue weighted by molar-refractivity contribution is -0.137. The molecule has 0 aliphatic rings. The molecule has 0 saturated carbocycles. The number of halogens is 4. The molecule has 0 N–H and O–H groups in total. The van der Waals surface area contributed by atoms with Crippen LogP contribution in [-0.4, -0.2) is 16.9 Å². The second-order valence-corrected chi connectivity index (χ2v) is 5.48. The predicted molar refractivity (Wildman–Crippen MR) is 85.6 cm³/mol. The molecule has 24 heavy (non-hydrogen) atoms. The van der Waals surface area contributed by atoms with Crippen LogP contribution in [0.1, 0.15) is 5.56 Å². The molecule has 3 aromatic rings. The summed E-state index contributed by atoms with van der Waals surface area (Å²) in [6, 6.07) is 12.7. The summed E-state index contributed by atoms with van der Waals surface area (Å²) in [5.41, 5.74) is -0.101. The summed E-state index contributed by atoms with van der Waals surface area (Å²) in [6.07, 6.45) is -3.54. The number of methoxy groups -OCH3 is 1. The van der Waals surface area contributed by atoms with Gasteiger partial charge in [-0.15, -0.1) is 0 Å². The van der Waals surface area contributed by atoms with Crippen molar-refractivity contribution in [1.82, 2.24) is 9.78 Å². The average molecular weight is 353 g/mol. The number of rotatable bonds is 3. The molecule has 0 unspecified atom stereocenters. The Morgan fingerprint density at radius 3 is 2.17 bits per heavy atom. The summed E-state index contributed by atoms with van der Waals surface area (Å²) in [7, 11) is 1.52. The highest BCUT2D eigenvalue weighted by atomic mass is 35.5. The first kappa shape index (κ1) is 16.4. The van der Waals surface area contributed by atoms with Crippen LogP contribution in [0.4, 0.5) is 13.2 Å². The lowest BCUT2D eigenvalue weighted by Gasteiger charge is -2.06. The zero-order chi connectivity index (χ0) is 17.3. The molecule has 0 atom stereocenters. The molecule has 3 rings (SSSR count). The molecule has 0 aliphatic heterocycles. The molecule has 0 bridgehead atoms. The van der Waals surface area contributed by atoms with Crippen LogP contribution in [0.3, 0.4) is 0 Å². The van der Waals surface area contributed by atoms with Crippen molar-refractivity contribution in [3.8, 4) is 22.7 Å². The van der Waals surface area contributed by atoms with Crippen LogP contribution in [0.2, 0.25) is 5.02 Å². The molecule has 0 fully saturated rings. The van der Waals surface area contributed by atoms with Gasteiger partial charge >= 0.3 is 6.18 Å². The van der Waals surface area contributed by atoms with Crippen LogP contribution in [0.15, 0.2) is 54.7 Å². The largest absolute Gasteiger partial charge is 0.497 e. The highest BCUT2D eigenvalue weighted by molar-refractivity contribution is 6.30. The third-order valence-corrected chi connectivity index (χ3v) is 3.73. The zero-order valence-electron chi connectivity index (χ0n) is 12.5. The van der Waals surface area contributed by atoms with Crippen molar-refractivity contribution in [2.75, 3.05) is 7.11 Å². The number of benzene rings is 2. The SMILES string of the molecule is COc1ccc(-n2cc(C(F)(F)F)c(-c3ccc(Cl)cc3)n2)cc1. The molecule has 124 valence electrons. The van der Waals surface area contributed by atoms with Crippen molar-refractivity contribution in [3.63, 3.8) is 0 Å². The van der Waals surface area contributed by atoms with E-state index >= 15 is 0 Å². The average Bonchev–Trinajstić information content (AvgIpc) is 3.01. The van der Waals surface area contributed by atoms with E-state index in [9.17, 15) is 13.2 Å². The minimum absolute atomic E-state index is 0.144. The lowest BCUT2D eigenvalue weighted by Crippen LogP contribution is -2.05. The summed E-state index contributed by atoms with van der Waals surface area (Å²) >= 11 is 5.80. The number of aromatic nitrogens is 2. The van der Waals surface area contributed by atoms with Crippen LogP contribution < -0.4 is 4.74 Å². The van der Waals surface area contributed by atoms with Crippen LogP contribution in [0, 0.1) is 0 Å². The molecule has 0 amide bonds. The van der Waals surface area contributed by atoms with E-state index < -0.39 is 11.7 Å². The Bertz CT molecular complexity index is 840. The van der Waals surface area contributed by atoms with E-state index in [0.717, 1.165) is 6.20 Å². The number of hydrogen-bond donors (Lipinski definition) is 0. The normalized spacial score (nSPS) is 11.5. The molecule has 7 heteroatoms. The summed E-state index contributed by atoms with van der Waals surface area (Å²) in [4.78, 5) is 0. The third kappa shape index (κ3) is 3.23. The minimum atomic E-state index is -4.51. The highest BCUT2D eigenvalue weighted by Gasteiger charge is 2.36. The smallest absolute Gasteiger partial charge is 0.420 e. The van der Waals surface area contributed by atoms with Gasteiger partial charge in [-0.1, -0.05) is 23.7 Å². The van der Waals surface area contributed by atoms with E-state index in [0.29, 0.717) is 22.0 Å². The van der Waals surface area contributed by atoms with Gasteiger partial charge in [0.05, 0.1) is 12.8 Å². The van der Waals surface area contributed by atoms with Gasteiger partial charge in [-0.05, 0) is 36.4 Å². The van der Waals surface area contributed by atoms with E-state index in [-0.39, 0.29) is 5.69 Å². The first-order chi connectivity index (χ1) is 11.4. The number of hydrogen-bond acceptors (Lipinski definition) is 2. The van der Waals surface area contributed by atoms with E-state index in [1.807, 2.05) is 0 Å². The summed E-state index contributed by atoms with van der Waals surface area (Å²) < 4.78 is 46.3. The van der Waals surface area contributed by atoms with E-state index in [4.69, 9.17) is 16.3 Å². The molecular formula is C17H12ClF3N2O. The van der Waals surface area contributed by atoms with Crippen molar-refractivity contribution >= 4 is 11.6 Å². The van der Waals surface area contributed by atoms with E-state index in [1.54, 1.807) is 24.3 Å². The van der Waals surface area contributed by atoms with Crippen LogP contribution in [0.5, 0.6) is 5.75 Å². The Morgan fingerprint density at radius 2 is 1.62 bits per heavy atom. The number of alkyl halides is 3. The Hall–Kier alpha value is -2.47. The molecule has 0 spiro atoms. The van der Waals surface area contributed by atoms with Crippen molar-refractivity contribution in [1.29, 1.82) is 0 Å². The second kappa shape index (κ2) is 6.20. The Morgan fingerprint density at radius 1 is 1.00 bits per heavy atom. The maximum atomic E-state index is 13.4. The van der Waals surface area contributed by atoms with Crippen molar-refractivity contribution in [2.24, 2.45) is 0 Å². The number of ether oxygens (including phenoxy) is 1. The maximum absolute atomic E-state index is 13.4. The van der Waals surface area contributed by atoms with Crippen molar-refractivity contribution in [2.45, 2.75) is 6.18 Å². The van der Waals surface area contributed by atoms with Gasteiger partial charge in [0.1, 0.15) is 17.0 Å². The molecule has 0 aliphatic carbocycles. The quantitative estimate of drug-likeness (QED) is 0.646. The summed E-state index contributed by atoms with van der Waals surface area (Å²) in [5.74, 6) is 0.611. The van der Waals surface area contributed by atoms with Gasteiger partial charge < -0.3 is 4.74 Å². The van der Waals surface area contributed by atoms with Crippen molar-refractivity contribution < 1.29 is 17.9 Å². The van der Waals surface area contributed by atoms with Gasteiger partial charge in [0.2, 0.25) is 0 Å². The zero-order valence-corrected chi connectivity index (χ0v) is 13.3. The van der Waals surface area contributed by atoms with Gasteiger partial charge in [-0.2, -0.15) is 18.3 Å². The van der Waals surface area contributed by atoms with E-state index in [2.05, 4.69) is 5.10 Å². The molecule has 0 radical (unpaired) electrons. The van der Waals surface area contributed by atoms with Crippen molar-refractivity contribution in [3.05, 3.63) is 65.3 Å². The van der Waals surface area contributed by atoms with Crippen LogP contribution in [0.25, 0.3) is 16.9 Å². The molecule has 3 nitrogen and oxygen atoms in total. The fourth-order valence-corrected chi connectivity index (χ4v) is 2.40. The number of nitrogens with zero attached hydrogens (tertiary/aromatic N) is 2. The molecule has 1 heterocycles. The third-order valence-electron chi connectivity index (χ3n) is 3.47. The Balaban J connectivity index is 2.10. The molecule has 0 saturated heterocycles. The molecule has 1 aromatic heterocycles. The van der Waals surface area contributed by atoms with Gasteiger partial charge in [0.15, 0.2) is 0 Å². The lowest BCUT2D eigenvalue weighted by atomic mass is 10.1. The van der Waals surface area contributed by atoms with Gasteiger partial charge in [-0.3, -0.25) is 0 Å². The first-order valence-corrected chi connectivity index (χ1v) is 7.33. The minimum Gasteiger partial charge on any atom is -0.497 e. The summed E-state index contributed by atoms with van der Waals surface area (Å²) in [5, 5.41) is 4.56. The predicted octanol–water partition coefficient (Wildman–Crippen LogP) is 5.22. The standard InChI is InChI=1S/C17H12ClF3N2O/c1-24-14-8-6-13(7-9-14)23-10-15(17(19,20)21)16(22-23)11-2-4-12(18)5-3-11/h2-10H,1H3. The second-order valence-electron chi connectivity index (χ2n) is 5.04. The van der Waals surface area contributed by atoms with Gasteiger partial charge in [0, 0.05) is 16.8 Å². The Kier molecular flexibility index (Phi) is 4.24.